The first-order chi connectivity index (χ1) is 11.6. The van der Waals surface area contributed by atoms with Crippen molar-refractivity contribution in [1.29, 1.82) is 5.26 Å². The number of halogens is 1. The number of nitrogen functional groups attached to an aromatic ring is 1. The van der Waals surface area contributed by atoms with Crippen molar-refractivity contribution in [3.63, 3.8) is 0 Å². The number of hydrogen-bond donors (Lipinski definition) is 1. The lowest BCUT2D eigenvalue weighted by Gasteiger charge is -2.07. The minimum atomic E-state index is -0.553. The van der Waals surface area contributed by atoms with Crippen LogP contribution in [0.15, 0.2) is 36.5 Å². The second-order valence-electron chi connectivity index (χ2n) is 4.95. The molecule has 2 heterocycles. The molecule has 0 spiro atoms. The Morgan fingerprint density at radius 3 is 2.92 bits per heavy atom. The van der Waals surface area contributed by atoms with Crippen LogP contribution in [0.3, 0.4) is 0 Å². The maximum absolute atomic E-state index is 12.1. The Balaban J connectivity index is 1.66. The molecule has 0 aliphatic rings. The third kappa shape index (κ3) is 3.14. The first-order valence-electron chi connectivity index (χ1n) is 7.03. The molecule has 0 atom stereocenters. The molecule has 0 aliphatic carbocycles. The van der Waals surface area contributed by atoms with Crippen molar-refractivity contribution in [1.82, 2.24) is 14.8 Å². The van der Waals surface area contributed by atoms with E-state index in [0.717, 1.165) is 5.39 Å². The van der Waals surface area contributed by atoms with Crippen LogP contribution in [-0.4, -0.2) is 27.3 Å². The Morgan fingerprint density at radius 1 is 1.38 bits per heavy atom. The van der Waals surface area contributed by atoms with E-state index >= 15 is 0 Å². The van der Waals surface area contributed by atoms with E-state index in [2.05, 4.69) is 10.1 Å². The number of nitriles is 1. The summed E-state index contributed by atoms with van der Waals surface area (Å²) in [6.07, 6.45) is 1.37. The summed E-state index contributed by atoms with van der Waals surface area (Å²) in [5.74, 6) is -0.310. The molecular formula is C16H12ClN5O2. The van der Waals surface area contributed by atoms with Gasteiger partial charge in [0.25, 0.3) is 0 Å². The lowest BCUT2D eigenvalue weighted by molar-refractivity contribution is 0.0482. The summed E-state index contributed by atoms with van der Waals surface area (Å²) in [6, 6.07) is 10.6. The van der Waals surface area contributed by atoms with Crippen LogP contribution in [0.2, 0.25) is 5.02 Å². The van der Waals surface area contributed by atoms with E-state index in [1.807, 2.05) is 12.1 Å². The van der Waals surface area contributed by atoms with Crippen LogP contribution >= 0.6 is 11.6 Å². The smallest absolute Gasteiger partial charge is 0.357 e. The van der Waals surface area contributed by atoms with Crippen LogP contribution in [0.25, 0.3) is 10.9 Å². The van der Waals surface area contributed by atoms with Crippen LogP contribution in [0.1, 0.15) is 16.1 Å². The third-order valence-electron chi connectivity index (χ3n) is 3.40. The Kier molecular flexibility index (Phi) is 4.31. The quantitative estimate of drug-likeness (QED) is 0.730. The van der Waals surface area contributed by atoms with Crippen LogP contribution in [-0.2, 0) is 11.3 Å². The number of fused-ring (bicyclic) bond motifs is 1. The Morgan fingerprint density at radius 2 is 2.17 bits per heavy atom. The summed E-state index contributed by atoms with van der Waals surface area (Å²) in [7, 11) is 0. The van der Waals surface area contributed by atoms with Gasteiger partial charge in [-0.1, -0.05) is 23.7 Å². The summed E-state index contributed by atoms with van der Waals surface area (Å²) in [5.41, 5.74) is 6.83. The Bertz CT molecular complexity index is 961. The van der Waals surface area contributed by atoms with Crippen molar-refractivity contribution in [2.45, 2.75) is 6.54 Å². The van der Waals surface area contributed by atoms with Gasteiger partial charge < -0.3 is 10.5 Å². The second-order valence-corrected chi connectivity index (χ2v) is 5.38. The number of esters is 1. The number of nitrogens with two attached hydrogens (primary N) is 1. The number of hydrogen-bond acceptors (Lipinski definition) is 6. The summed E-state index contributed by atoms with van der Waals surface area (Å²) in [6.45, 7) is 0.309. The first kappa shape index (κ1) is 15.8. The monoisotopic (exact) mass is 341 g/mol. The molecule has 24 heavy (non-hydrogen) atoms. The van der Waals surface area contributed by atoms with Gasteiger partial charge >= 0.3 is 5.97 Å². The van der Waals surface area contributed by atoms with Crippen molar-refractivity contribution in [3.8, 4) is 6.07 Å². The number of carbonyl (C=O) groups excluding carboxylic acids is 1. The number of carbonyl (C=O) groups is 1. The molecule has 2 aromatic heterocycles. The number of benzene rings is 1. The highest BCUT2D eigenvalue weighted by Gasteiger charge is 2.11. The van der Waals surface area contributed by atoms with Crippen LogP contribution in [0.5, 0.6) is 0 Å². The lowest BCUT2D eigenvalue weighted by atomic mass is 10.2. The topological polar surface area (TPSA) is 107 Å². The molecule has 1 aromatic carbocycles. The van der Waals surface area contributed by atoms with Crippen LogP contribution < -0.4 is 5.73 Å². The molecule has 2 N–H and O–H groups in total. The van der Waals surface area contributed by atoms with E-state index < -0.39 is 5.97 Å². The fraction of sp³-hybridized carbons (Fsp3) is 0.125. The summed E-state index contributed by atoms with van der Waals surface area (Å²) in [5, 5.41) is 14.2. The van der Waals surface area contributed by atoms with E-state index in [9.17, 15) is 4.79 Å². The standard InChI is InChI=1S/C16H12ClN5O2/c17-12-3-1-10-2-4-13(21-14(10)7-12)16(23)24-6-5-22-15(19)11(8-18)9-20-22/h1-4,7,9H,5-6,19H2. The summed E-state index contributed by atoms with van der Waals surface area (Å²) in [4.78, 5) is 16.3. The zero-order chi connectivity index (χ0) is 17.1. The van der Waals surface area contributed by atoms with Crippen molar-refractivity contribution >= 4 is 34.3 Å². The molecule has 8 heteroatoms. The number of anilines is 1. The molecule has 0 aliphatic heterocycles. The van der Waals surface area contributed by atoms with Gasteiger partial charge in [-0.2, -0.15) is 10.4 Å². The molecule has 0 amide bonds. The van der Waals surface area contributed by atoms with Gasteiger partial charge in [-0.15, -0.1) is 0 Å². The molecule has 0 saturated carbocycles. The Labute approximate surface area is 142 Å². The SMILES string of the molecule is N#Cc1cnn(CCOC(=O)c2ccc3ccc(Cl)cc3n2)c1N. The molecule has 0 bridgehead atoms. The molecule has 0 radical (unpaired) electrons. The van der Waals surface area contributed by atoms with E-state index in [4.69, 9.17) is 27.3 Å². The maximum Gasteiger partial charge on any atom is 0.357 e. The van der Waals surface area contributed by atoms with Crippen molar-refractivity contribution in [2.75, 3.05) is 12.3 Å². The third-order valence-corrected chi connectivity index (χ3v) is 3.64. The summed E-state index contributed by atoms with van der Waals surface area (Å²) >= 11 is 5.93. The minimum Gasteiger partial charge on any atom is -0.459 e. The highest BCUT2D eigenvalue weighted by molar-refractivity contribution is 6.31. The van der Waals surface area contributed by atoms with Crippen molar-refractivity contribution in [2.24, 2.45) is 0 Å². The molecule has 0 fully saturated rings. The summed E-state index contributed by atoms with van der Waals surface area (Å²) < 4.78 is 6.58. The molecule has 0 unspecified atom stereocenters. The fourth-order valence-electron chi connectivity index (χ4n) is 2.16. The van der Waals surface area contributed by atoms with Crippen LogP contribution in [0.4, 0.5) is 5.82 Å². The van der Waals surface area contributed by atoms with Gasteiger partial charge in [-0.3, -0.25) is 0 Å². The largest absolute Gasteiger partial charge is 0.459 e. The number of ether oxygens (including phenoxy) is 1. The van der Waals surface area contributed by atoms with Crippen molar-refractivity contribution in [3.05, 3.63) is 52.8 Å². The van der Waals surface area contributed by atoms with Gasteiger partial charge in [0.05, 0.1) is 18.3 Å². The zero-order valence-corrected chi connectivity index (χ0v) is 13.2. The van der Waals surface area contributed by atoms with Gasteiger partial charge in [0.1, 0.15) is 29.8 Å². The fourth-order valence-corrected chi connectivity index (χ4v) is 2.33. The zero-order valence-electron chi connectivity index (χ0n) is 12.4. The average molecular weight is 342 g/mol. The first-order valence-corrected chi connectivity index (χ1v) is 7.41. The van der Waals surface area contributed by atoms with E-state index in [1.54, 1.807) is 24.3 Å². The highest BCUT2D eigenvalue weighted by atomic mass is 35.5. The molecule has 0 saturated heterocycles. The van der Waals surface area contributed by atoms with Gasteiger partial charge in [-0.05, 0) is 18.2 Å². The minimum absolute atomic E-state index is 0.0604. The van der Waals surface area contributed by atoms with E-state index in [1.165, 1.54) is 10.9 Å². The number of nitrogens with zero attached hydrogens (tertiary/aromatic N) is 4. The number of pyridine rings is 1. The normalized spacial score (nSPS) is 10.5. The molecule has 3 rings (SSSR count). The Hall–Kier alpha value is -3.11. The highest BCUT2D eigenvalue weighted by Crippen LogP contribution is 2.18. The predicted molar refractivity (Wildman–Crippen MR) is 88.4 cm³/mol. The van der Waals surface area contributed by atoms with Gasteiger partial charge in [0, 0.05) is 10.4 Å². The molecule has 120 valence electrons. The molecule has 3 aromatic rings. The van der Waals surface area contributed by atoms with E-state index in [0.29, 0.717) is 10.5 Å². The lowest BCUT2D eigenvalue weighted by Crippen LogP contribution is -2.14. The number of rotatable bonds is 4. The molecule has 7 nitrogen and oxygen atoms in total. The van der Waals surface area contributed by atoms with E-state index in [-0.39, 0.29) is 30.2 Å². The van der Waals surface area contributed by atoms with Gasteiger partial charge in [0.2, 0.25) is 0 Å². The second kappa shape index (κ2) is 6.56. The van der Waals surface area contributed by atoms with Crippen LogP contribution in [0, 0.1) is 11.3 Å². The van der Waals surface area contributed by atoms with Gasteiger partial charge in [0.15, 0.2) is 0 Å². The predicted octanol–water partition coefficient (Wildman–Crippen LogP) is 2.40. The molecular weight excluding hydrogens is 330 g/mol. The maximum atomic E-state index is 12.1. The van der Waals surface area contributed by atoms with Gasteiger partial charge in [-0.25, -0.2) is 14.5 Å². The average Bonchev–Trinajstić information content (AvgIpc) is 2.94. The number of aromatic nitrogens is 3. The van der Waals surface area contributed by atoms with Crippen molar-refractivity contribution < 1.29 is 9.53 Å².